The predicted molar refractivity (Wildman–Crippen MR) is 40.2 cm³/mol. The highest BCUT2D eigenvalue weighted by molar-refractivity contribution is 5.15. The van der Waals surface area contributed by atoms with Crippen LogP contribution in [0.15, 0.2) is 0 Å². The summed E-state index contributed by atoms with van der Waals surface area (Å²) in [5, 5.41) is 0. The highest BCUT2D eigenvalue weighted by Crippen LogP contribution is 2.21. The number of halogens is 1. The van der Waals surface area contributed by atoms with E-state index >= 15 is 0 Å². The standard InChI is InChI=1S/C8H16N.ClH/c1-8(2)6-4-5-7-9(8)3;/h3-7H2,1-2H3;1H/q+1;/p-1. The second-order valence-corrected chi connectivity index (χ2v) is 3.53. The number of hydrogen-bond donors (Lipinski definition) is 0. The monoisotopic (exact) mass is 161 g/mol. The lowest BCUT2D eigenvalue weighted by atomic mass is 9.92. The summed E-state index contributed by atoms with van der Waals surface area (Å²) in [5.74, 6) is 0. The van der Waals surface area contributed by atoms with Gasteiger partial charge < -0.3 is 12.4 Å². The second-order valence-electron chi connectivity index (χ2n) is 3.53. The van der Waals surface area contributed by atoms with Gasteiger partial charge in [-0.1, -0.05) is 0 Å². The Labute approximate surface area is 69.5 Å². The van der Waals surface area contributed by atoms with Crippen molar-refractivity contribution in [1.82, 2.24) is 0 Å². The van der Waals surface area contributed by atoms with Crippen LogP contribution in [-0.4, -0.2) is 23.4 Å². The molecule has 1 aliphatic heterocycles. The van der Waals surface area contributed by atoms with E-state index in [1.807, 2.05) is 0 Å². The normalized spacial score (nSPS) is 23.6. The van der Waals surface area contributed by atoms with Crippen LogP contribution in [-0.2, 0) is 0 Å². The largest absolute Gasteiger partial charge is 1.00 e. The van der Waals surface area contributed by atoms with Gasteiger partial charge in [-0.25, -0.2) is 4.58 Å². The molecule has 1 rings (SSSR count). The first-order valence-electron chi connectivity index (χ1n) is 3.71. The molecule has 0 unspecified atom stereocenters. The molecule has 0 aliphatic carbocycles. The van der Waals surface area contributed by atoms with Crippen LogP contribution in [0.5, 0.6) is 0 Å². The molecule has 0 aromatic carbocycles. The lowest BCUT2D eigenvalue weighted by molar-refractivity contribution is -0.604. The molecule has 10 heavy (non-hydrogen) atoms. The zero-order valence-electron chi connectivity index (χ0n) is 6.86. The van der Waals surface area contributed by atoms with E-state index in [0.29, 0.717) is 5.54 Å². The third-order valence-corrected chi connectivity index (χ3v) is 2.32. The van der Waals surface area contributed by atoms with Crippen molar-refractivity contribution in [2.75, 3.05) is 6.54 Å². The highest BCUT2D eigenvalue weighted by Gasteiger charge is 2.30. The van der Waals surface area contributed by atoms with E-state index < -0.39 is 0 Å². The highest BCUT2D eigenvalue weighted by atomic mass is 35.5. The second kappa shape index (κ2) is 3.38. The van der Waals surface area contributed by atoms with Crippen LogP contribution in [0, 0.1) is 0 Å². The molecule has 1 nitrogen and oxygen atoms in total. The Balaban J connectivity index is 0.000000810. The van der Waals surface area contributed by atoms with Gasteiger partial charge in [0.2, 0.25) is 0 Å². The number of nitrogens with zero attached hydrogens (tertiary/aromatic N) is 1. The molecule has 2 heteroatoms. The Kier molecular flexibility index (Phi) is 3.37. The van der Waals surface area contributed by atoms with E-state index in [2.05, 4.69) is 25.1 Å². The van der Waals surface area contributed by atoms with Crippen LogP contribution in [0.3, 0.4) is 0 Å². The molecule has 1 fully saturated rings. The van der Waals surface area contributed by atoms with E-state index in [4.69, 9.17) is 0 Å². The number of hydrogen-bond acceptors (Lipinski definition) is 0. The van der Waals surface area contributed by atoms with Crippen molar-refractivity contribution in [3.63, 3.8) is 0 Å². The topological polar surface area (TPSA) is 3.01 Å². The fourth-order valence-electron chi connectivity index (χ4n) is 1.32. The molecule has 0 amide bonds. The molecular formula is C8H16ClN. The predicted octanol–water partition coefficient (Wildman–Crippen LogP) is -1.33. The van der Waals surface area contributed by atoms with Gasteiger partial charge in [-0.15, -0.1) is 0 Å². The van der Waals surface area contributed by atoms with Crippen LogP contribution in [0.4, 0.5) is 0 Å². The molecular weight excluding hydrogens is 146 g/mol. The van der Waals surface area contributed by atoms with E-state index in [0.717, 1.165) is 0 Å². The van der Waals surface area contributed by atoms with Crippen LogP contribution in [0.1, 0.15) is 33.1 Å². The van der Waals surface area contributed by atoms with Crippen LogP contribution < -0.4 is 12.4 Å². The molecule has 0 radical (unpaired) electrons. The minimum absolute atomic E-state index is 0. The van der Waals surface area contributed by atoms with Crippen molar-refractivity contribution in [2.24, 2.45) is 0 Å². The summed E-state index contributed by atoms with van der Waals surface area (Å²) in [6.07, 6.45) is 4.00. The van der Waals surface area contributed by atoms with Gasteiger partial charge in [-0.3, -0.25) is 0 Å². The summed E-state index contributed by atoms with van der Waals surface area (Å²) < 4.78 is 2.20. The van der Waals surface area contributed by atoms with Crippen molar-refractivity contribution >= 4 is 6.72 Å². The molecule has 0 bridgehead atoms. The summed E-state index contributed by atoms with van der Waals surface area (Å²) in [5.41, 5.74) is 0.359. The number of piperidine rings is 1. The minimum Gasteiger partial charge on any atom is -1.00 e. The van der Waals surface area contributed by atoms with E-state index in [-0.39, 0.29) is 12.4 Å². The third-order valence-electron chi connectivity index (χ3n) is 2.32. The van der Waals surface area contributed by atoms with Gasteiger partial charge in [0.05, 0.1) is 0 Å². The molecule has 0 saturated carbocycles. The van der Waals surface area contributed by atoms with Crippen molar-refractivity contribution in [2.45, 2.75) is 38.6 Å². The summed E-state index contributed by atoms with van der Waals surface area (Å²) in [4.78, 5) is 0. The third kappa shape index (κ3) is 1.98. The van der Waals surface area contributed by atoms with Gasteiger partial charge >= 0.3 is 0 Å². The van der Waals surface area contributed by atoms with Crippen LogP contribution >= 0.6 is 0 Å². The minimum atomic E-state index is 0. The summed E-state index contributed by atoms with van der Waals surface area (Å²) in [6.45, 7) is 9.68. The maximum absolute atomic E-state index is 3.98. The van der Waals surface area contributed by atoms with Gasteiger partial charge in [-0.2, -0.15) is 0 Å². The van der Waals surface area contributed by atoms with Crippen molar-refractivity contribution in [1.29, 1.82) is 0 Å². The molecule has 0 spiro atoms. The fraction of sp³-hybridized carbons (Fsp3) is 0.875. The quantitative estimate of drug-likeness (QED) is 0.388. The molecule has 0 N–H and O–H groups in total. The Bertz CT molecular complexity index is 129. The molecule has 0 aromatic rings. The fourth-order valence-corrected chi connectivity index (χ4v) is 1.32. The zero-order valence-corrected chi connectivity index (χ0v) is 7.62. The first kappa shape index (κ1) is 9.96. The van der Waals surface area contributed by atoms with Crippen LogP contribution in [0.25, 0.3) is 0 Å². The molecule has 60 valence electrons. The van der Waals surface area contributed by atoms with Gasteiger partial charge in [0.1, 0.15) is 13.3 Å². The zero-order chi connectivity index (χ0) is 6.91. The average molecular weight is 162 g/mol. The van der Waals surface area contributed by atoms with E-state index in [1.165, 1.54) is 25.8 Å². The molecule has 0 atom stereocenters. The average Bonchev–Trinajstić information content (AvgIpc) is 1.77. The molecule has 1 heterocycles. The number of rotatable bonds is 0. The van der Waals surface area contributed by atoms with Gasteiger partial charge in [-0.05, 0) is 20.3 Å². The first-order valence-corrected chi connectivity index (χ1v) is 3.71. The summed E-state index contributed by atoms with van der Waals surface area (Å²) >= 11 is 0. The van der Waals surface area contributed by atoms with Crippen molar-refractivity contribution in [3.8, 4) is 0 Å². The molecule has 0 aromatic heterocycles. The first-order chi connectivity index (χ1) is 4.13. The molecule has 1 aliphatic rings. The lowest BCUT2D eigenvalue weighted by Gasteiger charge is -2.26. The van der Waals surface area contributed by atoms with Gasteiger partial charge in [0, 0.05) is 12.8 Å². The smallest absolute Gasteiger partial charge is 0.156 e. The Hall–Kier alpha value is -0.0400. The van der Waals surface area contributed by atoms with Gasteiger partial charge in [0.15, 0.2) is 5.54 Å². The Morgan fingerprint density at radius 2 is 1.90 bits per heavy atom. The maximum Gasteiger partial charge on any atom is 0.156 e. The van der Waals surface area contributed by atoms with Crippen LogP contribution in [0.2, 0.25) is 0 Å². The lowest BCUT2D eigenvalue weighted by Crippen LogP contribution is -3.00. The Morgan fingerprint density at radius 1 is 1.30 bits per heavy atom. The maximum atomic E-state index is 3.98. The SMILES string of the molecule is C=[N+]1CCCCC1(C)C.[Cl-]. The van der Waals surface area contributed by atoms with E-state index in [1.54, 1.807) is 0 Å². The van der Waals surface area contributed by atoms with Crippen molar-refractivity contribution < 1.29 is 17.0 Å². The summed E-state index contributed by atoms with van der Waals surface area (Å²) in [6, 6.07) is 0. The van der Waals surface area contributed by atoms with E-state index in [9.17, 15) is 0 Å². The van der Waals surface area contributed by atoms with Crippen molar-refractivity contribution in [3.05, 3.63) is 0 Å². The Morgan fingerprint density at radius 3 is 2.20 bits per heavy atom. The summed E-state index contributed by atoms with van der Waals surface area (Å²) in [7, 11) is 0. The molecule has 1 saturated heterocycles. The van der Waals surface area contributed by atoms with Gasteiger partial charge in [0.25, 0.3) is 0 Å².